The standard InChI is InChI=1S/C10H12BrNO3/c1-12(2)7-5-3-4-6(11)8(7)9(13)10(14)15/h3-5,9,13H,1-2H3,(H,14,15). The molecule has 1 atom stereocenters. The third-order valence-corrected chi connectivity index (χ3v) is 2.71. The van der Waals surface area contributed by atoms with Gasteiger partial charge in [0.15, 0.2) is 6.10 Å². The Hall–Kier alpha value is -1.07. The molecule has 0 aliphatic rings. The van der Waals surface area contributed by atoms with Crippen molar-refractivity contribution < 1.29 is 15.0 Å². The largest absolute Gasteiger partial charge is 0.479 e. The van der Waals surface area contributed by atoms with Crippen LogP contribution in [-0.4, -0.2) is 30.3 Å². The second kappa shape index (κ2) is 4.63. The fourth-order valence-corrected chi connectivity index (χ4v) is 1.88. The topological polar surface area (TPSA) is 60.8 Å². The van der Waals surface area contributed by atoms with Crippen LogP contribution in [0.15, 0.2) is 22.7 Å². The number of hydrogen-bond donors (Lipinski definition) is 2. The molecule has 0 aromatic heterocycles. The van der Waals surface area contributed by atoms with Gasteiger partial charge in [-0.05, 0) is 12.1 Å². The minimum absolute atomic E-state index is 0.370. The highest BCUT2D eigenvalue weighted by Gasteiger charge is 2.22. The molecule has 1 aromatic carbocycles. The highest BCUT2D eigenvalue weighted by Crippen LogP contribution is 2.32. The van der Waals surface area contributed by atoms with E-state index in [4.69, 9.17) is 5.11 Å². The lowest BCUT2D eigenvalue weighted by molar-refractivity contribution is -0.146. The number of nitrogens with zero attached hydrogens (tertiary/aromatic N) is 1. The van der Waals surface area contributed by atoms with E-state index >= 15 is 0 Å². The molecule has 1 unspecified atom stereocenters. The van der Waals surface area contributed by atoms with Gasteiger partial charge in [0.2, 0.25) is 0 Å². The van der Waals surface area contributed by atoms with Crippen molar-refractivity contribution in [2.24, 2.45) is 0 Å². The molecule has 82 valence electrons. The summed E-state index contributed by atoms with van der Waals surface area (Å²) in [7, 11) is 3.58. The summed E-state index contributed by atoms with van der Waals surface area (Å²) in [5.74, 6) is -1.26. The summed E-state index contributed by atoms with van der Waals surface area (Å²) in [5, 5.41) is 18.3. The van der Waals surface area contributed by atoms with Crippen molar-refractivity contribution in [3.8, 4) is 0 Å². The van der Waals surface area contributed by atoms with Gasteiger partial charge in [0.1, 0.15) is 0 Å². The van der Waals surface area contributed by atoms with Crippen molar-refractivity contribution >= 4 is 27.6 Å². The molecule has 15 heavy (non-hydrogen) atoms. The molecule has 0 aliphatic heterocycles. The van der Waals surface area contributed by atoms with Crippen LogP contribution in [0.2, 0.25) is 0 Å². The van der Waals surface area contributed by atoms with Crippen LogP contribution >= 0.6 is 15.9 Å². The summed E-state index contributed by atoms with van der Waals surface area (Å²) in [4.78, 5) is 12.5. The molecular formula is C10H12BrNO3. The molecule has 5 heteroatoms. The van der Waals surface area contributed by atoms with Gasteiger partial charge < -0.3 is 15.1 Å². The van der Waals surface area contributed by atoms with Crippen LogP contribution in [0, 0.1) is 0 Å². The number of aliphatic hydroxyl groups excluding tert-OH is 1. The van der Waals surface area contributed by atoms with Crippen LogP contribution in [0.4, 0.5) is 5.69 Å². The Morgan fingerprint density at radius 1 is 1.47 bits per heavy atom. The lowest BCUT2D eigenvalue weighted by Crippen LogP contribution is -2.17. The molecule has 0 saturated heterocycles. The molecule has 0 radical (unpaired) electrons. The van der Waals surface area contributed by atoms with E-state index in [1.165, 1.54) is 0 Å². The first-order valence-corrected chi connectivity index (χ1v) is 5.11. The van der Waals surface area contributed by atoms with Gasteiger partial charge in [-0.1, -0.05) is 22.0 Å². The number of anilines is 1. The molecule has 0 fully saturated rings. The lowest BCUT2D eigenvalue weighted by Gasteiger charge is -2.20. The second-order valence-corrected chi connectivity index (χ2v) is 4.16. The number of carboxylic acids is 1. The summed E-state index contributed by atoms with van der Waals surface area (Å²) >= 11 is 3.23. The third-order valence-electron chi connectivity index (χ3n) is 2.02. The van der Waals surface area contributed by atoms with Gasteiger partial charge in [0.25, 0.3) is 0 Å². The van der Waals surface area contributed by atoms with Crippen LogP contribution in [-0.2, 0) is 4.79 Å². The Labute approximate surface area is 96.3 Å². The van der Waals surface area contributed by atoms with E-state index in [9.17, 15) is 9.90 Å². The zero-order chi connectivity index (χ0) is 11.6. The van der Waals surface area contributed by atoms with Crippen molar-refractivity contribution in [2.45, 2.75) is 6.10 Å². The summed E-state index contributed by atoms with van der Waals surface area (Å²) in [6, 6.07) is 5.25. The minimum Gasteiger partial charge on any atom is -0.479 e. The number of hydrogen-bond acceptors (Lipinski definition) is 3. The SMILES string of the molecule is CN(C)c1cccc(Br)c1C(O)C(=O)O. The average Bonchev–Trinajstić information content (AvgIpc) is 2.16. The van der Waals surface area contributed by atoms with E-state index in [1.54, 1.807) is 37.2 Å². The molecule has 0 saturated carbocycles. The number of halogens is 1. The van der Waals surface area contributed by atoms with Crippen LogP contribution < -0.4 is 4.90 Å². The minimum atomic E-state index is -1.52. The average molecular weight is 274 g/mol. The van der Waals surface area contributed by atoms with Crippen LogP contribution in [0.5, 0.6) is 0 Å². The van der Waals surface area contributed by atoms with Crippen molar-refractivity contribution in [2.75, 3.05) is 19.0 Å². The number of aliphatic carboxylic acids is 1. The molecular weight excluding hydrogens is 262 g/mol. The lowest BCUT2D eigenvalue weighted by atomic mass is 10.1. The summed E-state index contributed by atoms with van der Waals surface area (Å²) < 4.78 is 0.587. The molecule has 2 N–H and O–H groups in total. The third kappa shape index (κ3) is 2.49. The Morgan fingerprint density at radius 3 is 2.53 bits per heavy atom. The maximum Gasteiger partial charge on any atom is 0.337 e. The molecule has 0 bridgehead atoms. The monoisotopic (exact) mass is 273 g/mol. The Balaban J connectivity index is 3.30. The van der Waals surface area contributed by atoms with Gasteiger partial charge in [0, 0.05) is 29.8 Å². The van der Waals surface area contributed by atoms with E-state index in [-0.39, 0.29) is 0 Å². The van der Waals surface area contributed by atoms with E-state index < -0.39 is 12.1 Å². The summed E-state index contributed by atoms with van der Waals surface area (Å²) in [6.45, 7) is 0. The number of benzene rings is 1. The second-order valence-electron chi connectivity index (χ2n) is 3.31. The molecule has 4 nitrogen and oxygen atoms in total. The van der Waals surface area contributed by atoms with Crippen LogP contribution in [0.3, 0.4) is 0 Å². The first kappa shape index (κ1) is 12.0. The quantitative estimate of drug-likeness (QED) is 0.879. The highest BCUT2D eigenvalue weighted by atomic mass is 79.9. The number of carbonyl (C=O) groups is 1. The number of aliphatic hydroxyl groups is 1. The number of carboxylic acid groups (broad SMARTS) is 1. The summed E-state index contributed by atoms with van der Waals surface area (Å²) in [6.07, 6.45) is -1.52. The van der Waals surface area contributed by atoms with Crippen molar-refractivity contribution in [1.29, 1.82) is 0 Å². The highest BCUT2D eigenvalue weighted by molar-refractivity contribution is 9.10. The van der Waals surface area contributed by atoms with Crippen LogP contribution in [0.1, 0.15) is 11.7 Å². The molecule has 0 spiro atoms. The smallest absolute Gasteiger partial charge is 0.337 e. The maximum absolute atomic E-state index is 10.7. The molecule has 1 rings (SSSR count). The van der Waals surface area contributed by atoms with E-state index in [0.717, 1.165) is 0 Å². The predicted molar refractivity (Wildman–Crippen MR) is 61.1 cm³/mol. The van der Waals surface area contributed by atoms with Gasteiger partial charge in [0.05, 0.1) is 0 Å². The van der Waals surface area contributed by atoms with E-state index in [2.05, 4.69) is 15.9 Å². The first-order chi connectivity index (χ1) is 6.95. The fraction of sp³-hybridized carbons (Fsp3) is 0.300. The van der Waals surface area contributed by atoms with Crippen molar-refractivity contribution in [3.05, 3.63) is 28.2 Å². The zero-order valence-electron chi connectivity index (χ0n) is 8.44. The molecule has 1 aromatic rings. The van der Waals surface area contributed by atoms with Gasteiger partial charge in [-0.15, -0.1) is 0 Å². The predicted octanol–water partition coefficient (Wildman–Crippen LogP) is 1.63. The Bertz CT molecular complexity index is 379. The zero-order valence-corrected chi connectivity index (χ0v) is 10.0. The Kier molecular flexibility index (Phi) is 3.71. The van der Waals surface area contributed by atoms with Crippen molar-refractivity contribution in [3.63, 3.8) is 0 Å². The van der Waals surface area contributed by atoms with Gasteiger partial charge in [-0.3, -0.25) is 0 Å². The summed E-state index contributed by atoms with van der Waals surface area (Å²) in [5.41, 5.74) is 1.05. The van der Waals surface area contributed by atoms with E-state index in [1.807, 2.05) is 0 Å². The Morgan fingerprint density at radius 2 is 2.07 bits per heavy atom. The van der Waals surface area contributed by atoms with Crippen molar-refractivity contribution in [1.82, 2.24) is 0 Å². The van der Waals surface area contributed by atoms with E-state index in [0.29, 0.717) is 15.7 Å². The molecule has 0 amide bonds. The molecule has 0 heterocycles. The van der Waals surface area contributed by atoms with Gasteiger partial charge in [-0.2, -0.15) is 0 Å². The number of rotatable bonds is 3. The fourth-order valence-electron chi connectivity index (χ4n) is 1.31. The van der Waals surface area contributed by atoms with Crippen LogP contribution in [0.25, 0.3) is 0 Å². The maximum atomic E-state index is 10.7. The normalized spacial score (nSPS) is 12.3. The molecule has 0 aliphatic carbocycles. The van der Waals surface area contributed by atoms with Gasteiger partial charge >= 0.3 is 5.97 Å². The van der Waals surface area contributed by atoms with Gasteiger partial charge in [-0.25, -0.2) is 4.79 Å². The first-order valence-electron chi connectivity index (χ1n) is 4.31.